The maximum atomic E-state index is 12.9. The predicted octanol–water partition coefficient (Wildman–Crippen LogP) is 1.90. The molecule has 8 N–H and O–H groups in total. The Morgan fingerprint density at radius 2 is 1.10 bits per heavy atom. The van der Waals surface area contributed by atoms with E-state index in [0.29, 0.717) is 22.9 Å². The molecule has 2 amide bonds. The number of phosphoric acid groups is 2. The van der Waals surface area contributed by atoms with Crippen LogP contribution in [0.3, 0.4) is 0 Å². The Balaban J connectivity index is 0.000000186. The number of carbonyl (C=O) groups is 2. The summed E-state index contributed by atoms with van der Waals surface area (Å²) in [5.74, 6) is -2.26. The van der Waals surface area contributed by atoms with E-state index in [1.165, 1.54) is 0 Å². The Labute approximate surface area is 361 Å². The van der Waals surface area contributed by atoms with Gasteiger partial charge in [0.2, 0.25) is 11.6 Å². The summed E-state index contributed by atoms with van der Waals surface area (Å²) in [7, 11) is -7.92. The van der Waals surface area contributed by atoms with E-state index in [1.54, 1.807) is 48.5 Å². The predicted molar refractivity (Wildman–Crippen MR) is 208 cm³/mol. The average molecular weight is 950 g/mol. The third-order valence-electron chi connectivity index (χ3n) is 9.66. The van der Waals surface area contributed by atoms with Crippen LogP contribution in [0.25, 0.3) is 0 Å². The van der Waals surface area contributed by atoms with E-state index in [-0.39, 0.29) is 24.9 Å². The zero-order valence-electron chi connectivity index (χ0n) is 32.0. The lowest BCUT2D eigenvalue weighted by Gasteiger charge is -2.29. The van der Waals surface area contributed by atoms with Gasteiger partial charge in [-0.15, -0.1) is 10.2 Å². The number of hydrogen-bond donors (Lipinski definition) is 6. The van der Waals surface area contributed by atoms with Crippen LogP contribution in [-0.4, -0.2) is 125 Å². The summed E-state index contributed by atoms with van der Waals surface area (Å²) in [5.41, 5.74) is 11.7. The van der Waals surface area contributed by atoms with Crippen molar-refractivity contribution in [3.63, 3.8) is 0 Å². The van der Waals surface area contributed by atoms with E-state index in [1.807, 2.05) is 0 Å². The number of primary amides is 2. The Morgan fingerprint density at radius 3 is 1.45 bits per heavy atom. The molecule has 8 rings (SSSR count). The monoisotopic (exact) mass is 948 g/mol. The van der Waals surface area contributed by atoms with Crippen LogP contribution in [-0.2, 0) is 45.7 Å². The Hall–Kier alpha value is -3.78. The van der Waals surface area contributed by atoms with Gasteiger partial charge in [-0.25, -0.2) is 28.5 Å². The highest BCUT2D eigenvalue weighted by atomic mass is 35.5. The third-order valence-corrected chi connectivity index (χ3v) is 13.1. The van der Waals surface area contributed by atoms with Crippen LogP contribution in [0, 0.1) is 0 Å². The van der Waals surface area contributed by atoms with Gasteiger partial charge in [0, 0.05) is 22.9 Å². The van der Waals surface area contributed by atoms with E-state index in [2.05, 4.69) is 20.2 Å². The first-order chi connectivity index (χ1) is 29.5. The molecule has 4 aliphatic heterocycles. The van der Waals surface area contributed by atoms with Gasteiger partial charge in [0.1, 0.15) is 49.3 Å². The highest BCUT2D eigenvalue weighted by Gasteiger charge is 2.48. The summed E-state index contributed by atoms with van der Waals surface area (Å²) in [5, 5.41) is 49.7. The minimum atomic E-state index is -3.96. The van der Waals surface area contributed by atoms with Crippen LogP contribution in [0.2, 0.25) is 10.0 Å². The van der Waals surface area contributed by atoms with Crippen molar-refractivity contribution in [2.45, 2.75) is 74.1 Å². The highest BCUT2D eigenvalue weighted by Crippen LogP contribution is 2.58. The second kappa shape index (κ2) is 19.5. The number of aliphatic hydroxyl groups is 4. The molecule has 0 saturated carbocycles. The van der Waals surface area contributed by atoms with Crippen molar-refractivity contribution in [1.82, 2.24) is 29.5 Å². The number of hydrogen-bond acceptors (Lipinski definition) is 20. The number of aromatic nitrogens is 6. The standard InChI is InChI=1S/2C17H20ClN4O8P/c2*18-10-3-1-2-9(6-10)11-4-5-27-31(26,30-11)28-7-12-13(23)14(24)17(29-12)22-8-20-16(21-22)15(19)25/h2*1-3,6,8,11-14,17,23-24H,4-5,7H2,(H2,19,25)/t11-,12+,13+,14+,17+,31?;11-,12-,13-,14-,17-,31?/m01/s1. The first kappa shape index (κ1) is 46.2. The number of rotatable bonds is 12. The summed E-state index contributed by atoms with van der Waals surface area (Å²) >= 11 is 12.0. The van der Waals surface area contributed by atoms with Crippen molar-refractivity contribution in [2.75, 3.05) is 26.4 Å². The van der Waals surface area contributed by atoms with Crippen LogP contribution in [0.1, 0.15) is 69.9 Å². The van der Waals surface area contributed by atoms with Gasteiger partial charge >= 0.3 is 15.6 Å². The topological polar surface area (TPSA) is 337 Å². The molecule has 0 aliphatic carbocycles. The maximum Gasteiger partial charge on any atom is 0.475 e. The normalized spacial score (nSPS) is 33.5. The molecule has 62 heavy (non-hydrogen) atoms. The zero-order chi connectivity index (χ0) is 44.3. The number of phosphoric ester groups is 2. The maximum absolute atomic E-state index is 12.9. The Bertz CT molecular complexity index is 2170. The van der Waals surface area contributed by atoms with E-state index in [0.717, 1.165) is 33.1 Å². The SMILES string of the molecule is NC(=O)c1ncn([C@@H]2O[C@H](COP3(=O)OCC[C@@H](c4cccc(Cl)c4)O3)[C@@H](O)[C@H]2O)n1.NC(=O)c1ncn([C@@H]2O[C@H](COP3(=O)OCC[C@H](c4cccc(Cl)c4)O3)[C@@H](O)[C@H]2O)n1. The lowest BCUT2D eigenvalue weighted by Crippen LogP contribution is -2.34. The van der Waals surface area contributed by atoms with Crippen molar-refractivity contribution in [3.8, 4) is 0 Å². The second-order valence-corrected chi connectivity index (χ2v) is 18.1. The molecule has 2 aromatic carbocycles. The molecule has 28 heteroatoms. The van der Waals surface area contributed by atoms with Crippen molar-refractivity contribution in [3.05, 3.63) is 94.0 Å². The number of carbonyl (C=O) groups excluding carboxylic acids is 2. The zero-order valence-corrected chi connectivity index (χ0v) is 35.3. The molecule has 0 bridgehead atoms. The van der Waals surface area contributed by atoms with Gasteiger partial charge in [0.15, 0.2) is 12.5 Å². The van der Waals surface area contributed by atoms with Gasteiger partial charge in [-0.05, 0) is 35.4 Å². The first-order valence-electron chi connectivity index (χ1n) is 18.6. The molecule has 6 heterocycles. The van der Waals surface area contributed by atoms with Gasteiger partial charge in [-0.3, -0.25) is 36.7 Å². The summed E-state index contributed by atoms with van der Waals surface area (Å²) in [6.45, 7) is -0.539. The molecule has 0 radical (unpaired) electrons. The molecule has 0 spiro atoms. The van der Waals surface area contributed by atoms with Gasteiger partial charge in [0.05, 0.1) is 38.6 Å². The molecule has 2 aromatic heterocycles. The van der Waals surface area contributed by atoms with Crippen molar-refractivity contribution in [1.29, 1.82) is 0 Å². The molecular weight excluding hydrogens is 909 g/mol. The summed E-state index contributed by atoms with van der Waals surface area (Å²) < 4.78 is 71.2. The molecule has 4 aromatic rings. The fraction of sp³-hybridized carbons (Fsp3) is 0.471. The molecule has 4 saturated heterocycles. The third kappa shape index (κ3) is 10.8. The Morgan fingerprint density at radius 1 is 0.694 bits per heavy atom. The number of nitrogens with zero attached hydrogens (tertiary/aromatic N) is 6. The van der Waals surface area contributed by atoms with Crippen LogP contribution < -0.4 is 11.5 Å². The van der Waals surface area contributed by atoms with Crippen molar-refractivity contribution >= 4 is 50.7 Å². The number of benzene rings is 2. The fourth-order valence-corrected chi connectivity index (χ4v) is 9.73. The minimum Gasteiger partial charge on any atom is -0.387 e. The van der Waals surface area contributed by atoms with Gasteiger partial charge in [0.25, 0.3) is 11.8 Å². The summed E-state index contributed by atoms with van der Waals surface area (Å²) in [4.78, 5) is 29.7. The molecule has 4 fully saturated rings. The molecule has 336 valence electrons. The van der Waals surface area contributed by atoms with E-state index in [9.17, 15) is 39.1 Å². The largest absolute Gasteiger partial charge is 0.475 e. The van der Waals surface area contributed by atoms with Crippen molar-refractivity contribution in [2.24, 2.45) is 11.5 Å². The first-order valence-corrected chi connectivity index (χ1v) is 22.3. The van der Waals surface area contributed by atoms with E-state index in [4.69, 9.17) is 71.3 Å². The number of halogens is 2. The van der Waals surface area contributed by atoms with Gasteiger partial charge in [-0.1, -0.05) is 47.5 Å². The van der Waals surface area contributed by atoms with Crippen LogP contribution in [0.15, 0.2) is 61.2 Å². The van der Waals surface area contributed by atoms with Crippen LogP contribution in [0.5, 0.6) is 0 Å². The summed E-state index contributed by atoms with van der Waals surface area (Å²) in [6.07, 6.45) is -8.01. The highest BCUT2D eigenvalue weighted by molar-refractivity contribution is 7.48. The average Bonchev–Trinajstić information content (AvgIpc) is 4.05. The number of nitrogens with two attached hydrogens (primary N) is 2. The second-order valence-electron chi connectivity index (χ2n) is 13.9. The minimum absolute atomic E-state index is 0.128. The number of ether oxygens (including phenoxy) is 2. The quantitative estimate of drug-likeness (QED) is 0.110. The van der Waals surface area contributed by atoms with Crippen molar-refractivity contribution < 1.29 is 75.8 Å². The molecule has 4 aliphatic rings. The number of aliphatic hydroxyl groups excluding tert-OH is 4. The fourth-order valence-electron chi connectivity index (χ4n) is 6.55. The Kier molecular flexibility index (Phi) is 14.6. The molecular formula is C34H40Cl2N8O16P2. The molecule has 24 nitrogen and oxygen atoms in total. The smallest absolute Gasteiger partial charge is 0.387 e. The van der Waals surface area contributed by atoms with Crippen LogP contribution in [0.4, 0.5) is 0 Å². The van der Waals surface area contributed by atoms with Gasteiger partial charge < -0.3 is 41.4 Å². The van der Waals surface area contributed by atoms with E-state index < -0.39 is 102 Å². The number of amides is 2. The summed E-state index contributed by atoms with van der Waals surface area (Å²) in [6, 6.07) is 13.9. The lowest BCUT2D eigenvalue weighted by molar-refractivity contribution is -0.0642. The van der Waals surface area contributed by atoms with E-state index >= 15 is 0 Å². The molecule has 12 atom stereocenters. The van der Waals surface area contributed by atoms with Gasteiger partial charge in [-0.2, -0.15) is 0 Å². The lowest BCUT2D eigenvalue weighted by atomic mass is 10.1. The molecule has 2 unspecified atom stereocenters. The van der Waals surface area contributed by atoms with Crippen LogP contribution >= 0.6 is 38.8 Å².